The number of benzene rings is 1. The van der Waals surface area contributed by atoms with Gasteiger partial charge in [-0.25, -0.2) is 9.78 Å². The van der Waals surface area contributed by atoms with E-state index in [9.17, 15) is 14.9 Å². The van der Waals surface area contributed by atoms with Crippen molar-refractivity contribution in [1.29, 1.82) is 0 Å². The molecule has 0 atom stereocenters. The van der Waals surface area contributed by atoms with Crippen molar-refractivity contribution in [3.8, 4) is 17.0 Å². The van der Waals surface area contributed by atoms with Crippen LogP contribution in [-0.2, 0) is 0 Å². The number of carboxylic acid groups (broad SMARTS) is 1. The van der Waals surface area contributed by atoms with E-state index >= 15 is 0 Å². The van der Waals surface area contributed by atoms with E-state index in [0.717, 1.165) is 0 Å². The molecule has 0 radical (unpaired) electrons. The number of carbonyl (C=O) groups is 1. The van der Waals surface area contributed by atoms with Crippen LogP contribution in [0, 0.1) is 10.1 Å². The van der Waals surface area contributed by atoms with E-state index in [2.05, 4.69) is 4.98 Å². The van der Waals surface area contributed by atoms with Gasteiger partial charge in [-0.3, -0.25) is 10.1 Å². The Hall–Kier alpha value is -2.96. The van der Waals surface area contributed by atoms with E-state index in [1.54, 1.807) is 12.1 Å². The fraction of sp³-hybridized carbons (Fsp3) is 0.0769. The summed E-state index contributed by atoms with van der Waals surface area (Å²) in [5.41, 5.74) is 0.463. The van der Waals surface area contributed by atoms with Crippen molar-refractivity contribution in [2.45, 2.75) is 0 Å². The molecule has 0 aliphatic rings. The smallest absolute Gasteiger partial charge is 0.354 e. The summed E-state index contributed by atoms with van der Waals surface area (Å²) in [4.78, 5) is 25.2. The third kappa shape index (κ3) is 2.56. The van der Waals surface area contributed by atoms with Gasteiger partial charge in [-0.05, 0) is 24.3 Å². The molecule has 0 saturated carbocycles. The van der Waals surface area contributed by atoms with Crippen LogP contribution in [0.4, 0.5) is 5.69 Å². The van der Waals surface area contributed by atoms with Gasteiger partial charge < -0.3 is 9.84 Å². The first-order valence-corrected chi connectivity index (χ1v) is 5.56. The predicted octanol–water partition coefficient (Wildman–Crippen LogP) is 2.36. The van der Waals surface area contributed by atoms with Gasteiger partial charge in [-0.2, -0.15) is 0 Å². The van der Waals surface area contributed by atoms with Crippen molar-refractivity contribution in [3.05, 3.63) is 52.2 Å². The van der Waals surface area contributed by atoms with Crippen LogP contribution in [-0.4, -0.2) is 28.1 Å². The van der Waals surface area contributed by atoms with Crippen LogP contribution >= 0.6 is 0 Å². The molecule has 0 aliphatic carbocycles. The lowest BCUT2D eigenvalue weighted by molar-refractivity contribution is -0.385. The molecule has 2 rings (SSSR count). The Morgan fingerprint density at radius 1 is 1.35 bits per heavy atom. The summed E-state index contributed by atoms with van der Waals surface area (Å²) in [5, 5.41) is 19.8. The van der Waals surface area contributed by atoms with Crippen LogP contribution in [0.5, 0.6) is 5.75 Å². The van der Waals surface area contributed by atoms with E-state index < -0.39 is 10.9 Å². The van der Waals surface area contributed by atoms with Crippen LogP contribution in [0.1, 0.15) is 10.5 Å². The molecule has 1 aromatic heterocycles. The van der Waals surface area contributed by atoms with Gasteiger partial charge in [0.1, 0.15) is 5.69 Å². The van der Waals surface area contributed by atoms with Crippen molar-refractivity contribution in [1.82, 2.24) is 4.98 Å². The highest BCUT2D eigenvalue weighted by Crippen LogP contribution is 2.31. The topological polar surface area (TPSA) is 103 Å². The molecule has 0 unspecified atom stereocenters. The number of ether oxygens (including phenoxy) is 1. The molecule has 0 fully saturated rings. The largest absolute Gasteiger partial charge is 0.490 e. The zero-order valence-electron chi connectivity index (χ0n) is 10.4. The first-order valence-electron chi connectivity index (χ1n) is 5.56. The van der Waals surface area contributed by atoms with Crippen LogP contribution in [0.2, 0.25) is 0 Å². The molecule has 1 N–H and O–H groups in total. The van der Waals surface area contributed by atoms with Gasteiger partial charge in [0.25, 0.3) is 0 Å². The van der Waals surface area contributed by atoms with Gasteiger partial charge in [-0.1, -0.05) is 6.07 Å². The second-order valence-corrected chi connectivity index (χ2v) is 3.86. The zero-order valence-corrected chi connectivity index (χ0v) is 10.4. The number of aromatic nitrogens is 1. The van der Waals surface area contributed by atoms with E-state index in [-0.39, 0.29) is 17.1 Å². The lowest BCUT2D eigenvalue weighted by Gasteiger charge is -2.05. The average Bonchev–Trinajstić information content (AvgIpc) is 2.46. The van der Waals surface area contributed by atoms with Gasteiger partial charge in [0.05, 0.1) is 17.7 Å². The minimum Gasteiger partial charge on any atom is -0.490 e. The number of pyridine rings is 1. The summed E-state index contributed by atoms with van der Waals surface area (Å²) < 4.78 is 4.90. The van der Waals surface area contributed by atoms with Crippen molar-refractivity contribution >= 4 is 11.7 Å². The number of hydrogen-bond donors (Lipinski definition) is 1. The van der Waals surface area contributed by atoms with Gasteiger partial charge in [0.2, 0.25) is 0 Å². The second-order valence-electron chi connectivity index (χ2n) is 3.86. The van der Waals surface area contributed by atoms with Crippen molar-refractivity contribution in [3.63, 3.8) is 0 Å². The van der Waals surface area contributed by atoms with Crippen LogP contribution in [0.3, 0.4) is 0 Å². The molecule has 2 aromatic rings. The molecule has 0 bridgehead atoms. The minimum absolute atomic E-state index is 0.124. The molecule has 1 aromatic carbocycles. The lowest BCUT2D eigenvalue weighted by atomic mass is 10.1. The molecule has 0 amide bonds. The van der Waals surface area contributed by atoms with Gasteiger partial charge in [0, 0.05) is 11.6 Å². The highest BCUT2D eigenvalue weighted by atomic mass is 16.6. The molecule has 7 heteroatoms. The Morgan fingerprint density at radius 3 is 2.70 bits per heavy atom. The maximum absolute atomic E-state index is 11.0. The van der Waals surface area contributed by atoms with Crippen molar-refractivity contribution in [2.75, 3.05) is 7.11 Å². The lowest BCUT2D eigenvalue weighted by Crippen LogP contribution is -2.01. The molecular formula is C13H10N2O5. The predicted molar refractivity (Wildman–Crippen MR) is 69.8 cm³/mol. The third-order valence-electron chi connectivity index (χ3n) is 2.64. The van der Waals surface area contributed by atoms with Crippen LogP contribution in [0.15, 0.2) is 36.4 Å². The average molecular weight is 274 g/mol. The van der Waals surface area contributed by atoms with E-state index in [4.69, 9.17) is 9.84 Å². The number of hydrogen-bond acceptors (Lipinski definition) is 5. The molecule has 0 aliphatic heterocycles. The maximum atomic E-state index is 11.0. The monoisotopic (exact) mass is 274 g/mol. The SMILES string of the molecule is COc1ccc(-c2cccc(C(=O)O)n2)cc1[N+](=O)[O-]. The molecule has 7 nitrogen and oxygen atoms in total. The van der Waals surface area contributed by atoms with Crippen molar-refractivity contribution in [2.24, 2.45) is 0 Å². The Kier molecular flexibility index (Phi) is 3.60. The summed E-state index contributed by atoms with van der Waals surface area (Å²) in [6, 6.07) is 8.79. The summed E-state index contributed by atoms with van der Waals surface area (Å²) >= 11 is 0. The highest BCUT2D eigenvalue weighted by Gasteiger charge is 2.16. The molecular weight excluding hydrogens is 264 g/mol. The molecule has 20 heavy (non-hydrogen) atoms. The molecule has 0 saturated heterocycles. The molecule has 0 spiro atoms. The second kappa shape index (κ2) is 5.35. The molecule has 1 heterocycles. The summed E-state index contributed by atoms with van der Waals surface area (Å²) in [6.07, 6.45) is 0. The third-order valence-corrected chi connectivity index (χ3v) is 2.64. The zero-order chi connectivity index (χ0) is 14.7. The highest BCUT2D eigenvalue weighted by molar-refractivity contribution is 5.86. The van der Waals surface area contributed by atoms with Crippen LogP contribution in [0.25, 0.3) is 11.3 Å². The van der Waals surface area contributed by atoms with E-state index in [0.29, 0.717) is 11.3 Å². The van der Waals surface area contributed by atoms with E-state index in [1.165, 1.54) is 31.4 Å². The number of nitrogens with zero attached hydrogens (tertiary/aromatic N) is 2. The van der Waals surface area contributed by atoms with Gasteiger partial charge >= 0.3 is 11.7 Å². The Morgan fingerprint density at radius 2 is 2.10 bits per heavy atom. The number of carboxylic acids is 1. The quantitative estimate of drug-likeness (QED) is 0.678. The number of nitro benzene ring substituents is 1. The number of aromatic carboxylic acids is 1. The van der Waals surface area contributed by atoms with Crippen molar-refractivity contribution < 1.29 is 19.6 Å². The first kappa shape index (κ1) is 13.5. The number of methoxy groups -OCH3 is 1. The van der Waals surface area contributed by atoms with Gasteiger partial charge in [0.15, 0.2) is 5.75 Å². The standard InChI is InChI=1S/C13H10N2O5/c1-20-12-6-5-8(7-11(12)15(18)19)9-3-2-4-10(14-9)13(16)17/h2-7H,1H3,(H,16,17). The van der Waals surface area contributed by atoms with Crippen LogP contribution < -0.4 is 4.74 Å². The Bertz CT molecular complexity index is 684. The fourth-order valence-electron chi connectivity index (χ4n) is 1.71. The fourth-order valence-corrected chi connectivity index (χ4v) is 1.71. The minimum atomic E-state index is -1.16. The summed E-state index contributed by atoms with van der Waals surface area (Å²) in [7, 11) is 1.34. The summed E-state index contributed by atoms with van der Waals surface area (Å²) in [6.45, 7) is 0. The number of rotatable bonds is 4. The number of nitro groups is 1. The maximum Gasteiger partial charge on any atom is 0.354 e. The van der Waals surface area contributed by atoms with Gasteiger partial charge in [-0.15, -0.1) is 0 Å². The Labute approximate surface area is 113 Å². The summed E-state index contributed by atoms with van der Waals surface area (Å²) in [5.74, 6) is -1.02. The Balaban J connectivity index is 2.53. The molecule has 102 valence electrons. The first-order chi connectivity index (χ1) is 9.52. The normalized spacial score (nSPS) is 10.1. The van der Waals surface area contributed by atoms with E-state index in [1.807, 2.05) is 0 Å².